The molecule has 0 bridgehead atoms. The van der Waals surface area contributed by atoms with Crippen molar-refractivity contribution in [2.45, 2.75) is 0 Å². The van der Waals surface area contributed by atoms with Crippen LogP contribution in [0.15, 0.2) is 48.5 Å². The van der Waals surface area contributed by atoms with Gasteiger partial charge < -0.3 is 14.4 Å². The Balaban J connectivity index is 0.00000264. The lowest BCUT2D eigenvalue weighted by molar-refractivity contribution is 0.414. The second kappa shape index (κ2) is 9.23. The van der Waals surface area contributed by atoms with Crippen LogP contribution in [0.2, 0.25) is 0 Å². The molecule has 23 heavy (non-hydrogen) atoms. The molecule has 0 aliphatic rings. The van der Waals surface area contributed by atoms with E-state index in [9.17, 15) is 0 Å². The van der Waals surface area contributed by atoms with Gasteiger partial charge in [0.1, 0.15) is 11.5 Å². The van der Waals surface area contributed by atoms with Gasteiger partial charge in [0.15, 0.2) is 0 Å². The summed E-state index contributed by atoms with van der Waals surface area (Å²) in [5.74, 6) is 1.74. The zero-order chi connectivity index (χ0) is 15.9. The van der Waals surface area contributed by atoms with Crippen molar-refractivity contribution in [1.29, 1.82) is 0 Å². The van der Waals surface area contributed by atoms with Gasteiger partial charge in [0, 0.05) is 6.54 Å². The number of rotatable bonds is 6. The topological polar surface area (TPSA) is 21.7 Å². The Morgan fingerprint density at radius 2 is 1.35 bits per heavy atom. The Labute approximate surface area is 144 Å². The van der Waals surface area contributed by atoms with Gasteiger partial charge in [-0.1, -0.05) is 24.3 Å². The highest BCUT2D eigenvalue weighted by Gasteiger charge is 2.05. The van der Waals surface area contributed by atoms with Gasteiger partial charge in [-0.25, -0.2) is 0 Å². The first-order chi connectivity index (χ1) is 10.6. The van der Waals surface area contributed by atoms with Crippen molar-refractivity contribution < 1.29 is 9.47 Å². The molecular formula is C19H24ClNO2. The van der Waals surface area contributed by atoms with Crippen LogP contribution in [0.25, 0.3) is 11.6 Å². The monoisotopic (exact) mass is 333 g/mol. The smallest absolute Gasteiger partial charge is 0.118 e. The van der Waals surface area contributed by atoms with Crippen LogP contribution in [0.4, 0.5) is 0 Å². The van der Waals surface area contributed by atoms with E-state index in [1.807, 2.05) is 24.3 Å². The minimum Gasteiger partial charge on any atom is -0.497 e. The molecule has 0 spiro atoms. The van der Waals surface area contributed by atoms with Crippen molar-refractivity contribution in [2.75, 3.05) is 34.9 Å². The third kappa shape index (κ3) is 5.62. The lowest BCUT2D eigenvalue weighted by Gasteiger charge is -2.15. The maximum Gasteiger partial charge on any atom is 0.118 e. The minimum absolute atomic E-state index is 0. The second-order valence-electron chi connectivity index (χ2n) is 5.41. The van der Waals surface area contributed by atoms with Crippen molar-refractivity contribution in [2.24, 2.45) is 0 Å². The Morgan fingerprint density at radius 3 is 1.78 bits per heavy atom. The molecule has 0 amide bonds. The molecule has 3 nitrogen and oxygen atoms in total. The first-order valence-electron chi connectivity index (χ1n) is 7.26. The summed E-state index contributed by atoms with van der Waals surface area (Å²) in [6.07, 6.45) is 2.21. The standard InChI is InChI=1S/C19H23NO2.ClH/c1-20(2)14-17(16-7-11-19(22-4)12-8-16)13-15-5-9-18(21-3)10-6-15;/h5-13H,14H2,1-4H3;1H/b17-13+;. The van der Waals surface area contributed by atoms with Gasteiger partial charge in [0.2, 0.25) is 0 Å². The van der Waals surface area contributed by atoms with Crippen LogP contribution in [0.5, 0.6) is 11.5 Å². The number of benzene rings is 2. The van der Waals surface area contributed by atoms with Gasteiger partial charge in [-0.05, 0) is 61.1 Å². The van der Waals surface area contributed by atoms with Crippen LogP contribution in [-0.2, 0) is 0 Å². The SMILES string of the molecule is COc1ccc(/C=C(\CN(C)C)c2ccc(OC)cc2)cc1.Cl. The molecule has 2 aromatic carbocycles. The van der Waals surface area contributed by atoms with Crippen LogP contribution in [-0.4, -0.2) is 39.8 Å². The van der Waals surface area contributed by atoms with E-state index in [4.69, 9.17) is 9.47 Å². The fraction of sp³-hybridized carbons (Fsp3) is 0.263. The number of halogens is 1. The van der Waals surface area contributed by atoms with Crippen LogP contribution >= 0.6 is 12.4 Å². The summed E-state index contributed by atoms with van der Waals surface area (Å²) in [6, 6.07) is 16.3. The Bertz CT molecular complexity index is 619. The maximum absolute atomic E-state index is 5.23. The fourth-order valence-electron chi connectivity index (χ4n) is 2.27. The molecular weight excluding hydrogens is 310 g/mol. The lowest BCUT2D eigenvalue weighted by Crippen LogP contribution is -2.14. The summed E-state index contributed by atoms with van der Waals surface area (Å²) in [6.45, 7) is 0.873. The van der Waals surface area contributed by atoms with Crippen LogP contribution in [0, 0.1) is 0 Å². The Hall–Kier alpha value is -1.97. The quantitative estimate of drug-likeness (QED) is 0.738. The second-order valence-corrected chi connectivity index (χ2v) is 5.41. The predicted molar refractivity (Wildman–Crippen MR) is 99.7 cm³/mol. The van der Waals surface area contributed by atoms with E-state index in [0.717, 1.165) is 23.6 Å². The molecule has 0 heterocycles. The molecule has 124 valence electrons. The summed E-state index contributed by atoms with van der Waals surface area (Å²) in [7, 11) is 7.51. The van der Waals surface area contributed by atoms with E-state index in [2.05, 4.69) is 49.3 Å². The van der Waals surface area contributed by atoms with Crippen molar-refractivity contribution in [3.05, 3.63) is 59.7 Å². The van der Waals surface area contributed by atoms with E-state index in [1.54, 1.807) is 14.2 Å². The van der Waals surface area contributed by atoms with E-state index in [0.29, 0.717) is 0 Å². The third-order valence-corrected chi connectivity index (χ3v) is 3.40. The van der Waals surface area contributed by atoms with Crippen molar-refractivity contribution in [3.8, 4) is 11.5 Å². The molecule has 0 saturated heterocycles. The van der Waals surface area contributed by atoms with Gasteiger partial charge in [-0.15, -0.1) is 12.4 Å². The number of likely N-dealkylation sites (N-methyl/N-ethyl adjacent to an activating group) is 1. The molecule has 2 rings (SSSR count). The molecule has 0 atom stereocenters. The Kier molecular flexibility index (Phi) is 7.66. The molecule has 0 radical (unpaired) electrons. The average Bonchev–Trinajstić information content (AvgIpc) is 2.54. The van der Waals surface area contributed by atoms with E-state index >= 15 is 0 Å². The average molecular weight is 334 g/mol. The molecule has 0 saturated carbocycles. The van der Waals surface area contributed by atoms with E-state index in [1.165, 1.54) is 11.1 Å². The van der Waals surface area contributed by atoms with Gasteiger partial charge in [-0.2, -0.15) is 0 Å². The van der Waals surface area contributed by atoms with Crippen molar-refractivity contribution >= 4 is 24.1 Å². The van der Waals surface area contributed by atoms with E-state index < -0.39 is 0 Å². The summed E-state index contributed by atoms with van der Waals surface area (Å²) in [4.78, 5) is 2.17. The molecule has 0 aliphatic carbocycles. The third-order valence-electron chi connectivity index (χ3n) is 3.40. The molecule has 4 heteroatoms. The normalized spacial score (nSPS) is 11.1. The number of methoxy groups -OCH3 is 2. The fourth-order valence-corrected chi connectivity index (χ4v) is 2.27. The largest absolute Gasteiger partial charge is 0.497 e. The van der Waals surface area contributed by atoms with E-state index in [-0.39, 0.29) is 12.4 Å². The number of hydrogen-bond donors (Lipinski definition) is 0. The highest BCUT2D eigenvalue weighted by Crippen LogP contribution is 2.22. The van der Waals surface area contributed by atoms with Gasteiger partial charge >= 0.3 is 0 Å². The number of hydrogen-bond acceptors (Lipinski definition) is 3. The number of ether oxygens (including phenoxy) is 2. The van der Waals surface area contributed by atoms with Crippen molar-refractivity contribution in [1.82, 2.24) is 4.90 Å². The molecule has 0 unspecified atom stereocenters. The first kappa shape index (κ1) is 19.1. The highest BCUT2D eigenvalue weighted by molar-refractivity contribution is 5.85. The summed E-state index contributed by atoms with van der Waals surface area (Å²) in [5, 5.41) is 0. The van der Waals surface area contributed by atoms with Crippen LogP contribution in [0.3, 0.4) is 0 Å². The number of nitrogens with zero attached hydrogens (tertiary/aromatic N) is 1. The van der Waals surface area contributed by atoms with Crippen LogP contribution < -0.4 is 9.47 Å². The van der Waals surface area contributed by atoms with Gasteiger partial charge in [0.25, 0.3) is 0 Å². The highest BCUT2D eigenvalue weighted by atomic mass is 35.5. The van der Waals surface area contributed by atoms with Crippen molar-refractivity contribution in [3.63, 3.8) is 0 Å². The summed E-state index contributed by atoms with van der Waals surface area (Å²) >= 11 is 0. The molecule has 2 aromatic rings. The molecule has 0 N–H and O–H groups in total. The maximum atomic E-state index is 5.23. The molecule has 0 aliphatic heterocycles. The van der Waals surface area contributed by atoms with Crippen LogP contribution in [0.1, 0.15) is 11.1 Å². The Morgan fingerprint density at radius 1 is 0.870 bits per heavy atom. The summed E-state index contributed by atoms with van der Waals surface area (Å²) in [5.41, 5.74) is 3.62. The molecule has 0 fully saturated rings. The zero-order valence-corrected chi connectivity index (χ0v) is 14.9. The zero-order valence-electron chi connectivity index (χ0n) is 14.1. The van der Waals surface area contributed by atoms with Gasteiger partial charge in [0.05, 0.1) is 14.2 Å². The lowest BCUT2D eigenvalue weighted by atomic mass is 10.0. The van der Waals surface area contributed by atoms with Gasteiger partial charge in [-0.3, -0.25) is 0 Å². The predicted octanol–water partition coefficient (Wildman–Crippen LogP) is 4.23. The molecule has 0 aromatic heterocycles. The summed E-state index contributed by atoms with van der Waals surface area (Å²) < 4.78 is 10.4. The minimum atomic E-state index is 0. The first-order valence-corrected chi connectivity index (χ1v) is 7.26.